The van der Waals surface area contributed by atoms with Crippen LogP contribution >= 0.6 is 0 Å². The maximum absolute atomic E-state index is 14.4. The first kappa shape index (κ1) is 97.6. The van der Waals surface area contributed by atoms with Crippen LogP contribution in [-0.4, -0.2) is 84.7 Å². The van der Waals surface area contributed by atoms with Crippen LogP contribution in [0.3, 0.4) is 0 Å². The molecule has 0 spiro atoms. The number of nitrogens with one attached hydrogen (secondary N) is 1. The fourth-order valence-electron chi connectivity index (χ4n) is 15.2. The summed E-state index contributed by atoms with van der Waals surface area (Å²) in [5.41, 5.74) is 13.8. The monoisotopic (exact) mass is 1840 g/mol. The van der Waals surface area contributed by atoms with Gasteiger partial charge >= 0.3 is 17.6 Å². The van der Waals surface area contributed by atoms with Crippen molar-refractivity contribution in [1.82, 2.24) is 9.89 Å². The molecule has 30 heteroatoms. The van der Waals surface area contributed by atoms with Crippen LogP contribution in [0.15, 0.2) is 232 Å². The van der Waals surface area contributed by atoms with E-state index in [1.807, 2.05) is 82.4 Å². The second-order valence-electron chi connectivity index (χ2n) is 32.4. The van der Waals surface area contributed by atoms with Gasteiger partial charge in [0.25, 0.3) is 0 Å². The lowest BCUT2D eigenvalue weighted by atomic mass is 9.85. The van der Waals surface area contributed by atoms with E-state index < -0.39 is 115 Å². The molecule has 19 nitrogen and oxygen atoms in total. The van der Waals surface area contributed by atoms with Gasteiger partial charge in [0.2, 0.25) is 22.7 Å². The highest BCUT2D eigenvalue weighted by molar-refractivity contribution is 8.13. The zero-order chi connectivity index (χ0) is 94.1. The van der Waals surface area contributed by atoms with E-state index in [4.69, 9.17) is 9.15 Å². The number of benzene rings is 11. The van der Waals surface area contributed by atoms with Crippen LogP contribution in [0.4, 0.5) is 41.2 Å². The Hall–Kier alpha value is -12.1. The normalized spacial score (nSPS) is 12.7. The number of rotatable bonds is 27. The number of hydrogen-bond donors (Lipinski definition) is 1. The molecule has 0 fully saturated rings. The van der Waals surface area contributed by atoms with Crippen LogP contribution in [0.5, 0.6) is 17.2 Å². The largest absolute Gasteiger partial charge is 0.484 e. The molecule has 0 unspecified atom stereocenters. The second-order valence-corrected chi connectivity index (χ2v) is 39.2. The summed E-state index contributed by atoms with van der Waals surface area (Å²) in [7, 11) is -20.6. The summed E-state index contributed by atoms with van der Waals surface area (Å²) in [6.07, 6.45) is 5.93. The molecule has 0 saturated carbocycles. The third kappa shape index (κ3) is 22.6. The fraction of sp³-hybridized carbons (Fsp3) is 0.263. The number of sulfonamides is 4. The van der Waals surface area contributed by atoms with Crippen LogP contribution in [-0.2, 0) is 67.2 Å². The van der Waals surface area contributed by atoms with E-state index in [9.17, 15) is 74.0 Å². The van der Waals surface area contributed by atoms with Gasteiger partial charge in [-0.15, -0.1) is 0 Å². The topological polar surface area (TPSA) is 264 Å². The SMILES string of the molecule is C=CC(=O)OCCNC(=O)OCCOc1c(F)c(F)c(S(=O)(=O)[N-]S(=O)(=O)c2ccccc2)c(F)c1F.CC(C)c1cccc(C(C)C)c1/C=c1\ccc2c(c1)Oc1cc(Cc3c(C(C)C)cccc3C(C)C)ccc1C=2.Cc1cccc(C)c1Cc1ccc2c(-c3ccccc3S(=O)(=O)[N-]S(=O)(=O)C(F)(F)F)c3ccc(=[N+](C)c4c(C)cccc4C(C)C)cc-3oc2c1. The zero-order valence-corrected chi connectivity index (χ0v) is 76.6. The molecule has 3 aliphatic rings. The van der Waals surface area contributed by atoms with E-state index in [1.54, 1.807) is 12.1 Å². The Bertz CT molecular complexity index is 6860. The van der Waals surface area contributed by atoms with Gasteiger partial charge in [-0.3, -0.25) is 0 Å². The number of fused-ring (bicyclic) bond motifs is 4. The predicted octanol–water partition coefficient (Wildman–Crippen LogP) is 21.6. The molecule has 678 valence electrons. The molecule has 2 aliphatic heterocycles. The summed E-state index contributed by atoms with van der Waals surface area (Å²) >= 11 is 0. The number of carbonyl (C=O) groups excluding carboxylic acids is 2. The molecular formula is C99H98F7N4O15S4-. The minimum Gasteiger partial charge on any atom is -0.484 e. The van der Waals surface area contributed by atoms with E-state index >= 15 is 0 Å². The molecule has 0 saturated heterocycles. The number of amides is 1. The number of alkyl halides is 3. The van der Waals surface area contributed by atoms with E-state index in [0.29, 0.717) is 57.9 Å². The van der Waals surface area contributed by atoms with Crippen LogP contribution in [0, 0.1) is 44.0 Å². The fourth-order valence-corrected chi connectivity index (χ4v) is 20.4. The number of alkyl carbamates (subject to hydrolysis) is 1. The lowest BCUT2D eigenvalue weighted by Crippen LogP contribution is -2.29. The first-order chi connectivity index (χ1) is 60.8. The molecule has 1 N–H and O–H groups in total. The highest BCUT2D eigenvalue weighted by atomic mass is 32.3. The molecule has 2 heterocycles. The van der Waals surface area contributed by atoms with Gasteiger partial charge < -0.3 is 36.9 Å². The Morgan fingerprint density at radius 3 is 1.70 bits per heavy atom. The summed E-state index contributed by atoms with van der Waals surface area (Å²) in [5.74, 6) is -7.62. The van der Waals surface area contributed by atoms with Gasteiger partial charge in [-0.1, -0.05) is 221 Å². The van der Waals surface area contributed by atoms with Crippen molar-refractivity contribution >= 4 is 81.0 Å². The van der Waals surface area contributed by atoms with Crippen LogP contribution in [0.2, 0.25) is 0 Å². The van der Waals surface area contributed by atoms with Crippen LogP contribution in [0.1, 0.15) is 177 Å². The third-order valence-corrected chi connectivity index (χ3v) is 28.0. The minimum absolute atomic E-state index is 0.0287. The van der Waals surface area contributed by atoms with Gasteiger partial charge in [-0.25, -0.2) is 52.0 Å². The van der Waals surface area contributed by atoms with Gasteiger partial charge in [0.05, 0.1) is 17.5 Å². The first-order valence-electron chi connectivity index (χ1n) is 41.3. The number of nitrogens with zero attached hydrogens (tertiary/aromatic N) is 3. The van der Waals surface area contributed by atoms with Gasteiger partial charge in [0.15, 0.2) is 27.4 Å². The quantitative estimate of drug-likeness (QED) is 0.00954. The van der Waals surface area contributed by atoms with E-state index in [0.717, 1.165) is 97.4 Å². The lowest BCUT2D eigenvalue weighted by molar-refractivity contribution is -0.137. The maximum Gasteiger partial charge on any atom is 0.480 e. The van der Waals surface area contributed by atoms with Crippen molar-refractivity contribution in [3.8, 4) is 39.7 Å². The average Bonchev–Trinajstić information content (AvgIpc) is 0.756. The van der Waals surface area contributed by atoms with E-state index in [-0.39, 0.29) is 24.6 Å². The number of halogens is 7. The smallest absolute Gasteiger partial charge is 0.480 e. The molecule has 10 aromatic carbocycles. The number of hydrogen-bond acceptors (Lipinski definition) is 15. The molecule has 13 rings (SSSR count). The molecule has 129 heavy (non-hydrogen) atoms. The highest BCUT2D eigenvalue weighted by Gasteiger charge is 2.41. The number of ether oxygens (including phenoxy) is 4. The van der Waals surface area contributed by atoms with Crippen molar-refractivity contribution in [3.05, 3.63) is 338 Å². The molecule has 1 amide bonds. The van der Waals surface area contributed by atoms with Crippen molar-refractivity contribution in [2.45, 2.75) is 153 Å². The van der Waals surface area contributed by atoms with Crippen molar-refractivity contribution < 1.29 is 97.4 Å². The first-order valence-corrected chi connectivity index (χ1v) is 47.1. The lowest BCUT2D eigenvalue weighted by Gasteiger charge is -2.24. The Labute approximate surface area is 747 Å². The summed E-state index contributed by atoms with van der Waals surface area (Å²) in [6, 6.07) is 61.1. The molecule has 0 bridgehead atoms. The van der Waals surface area contributed by atoms with Crippen molar-refractivity contribution in [3.63, 3.8) is 0 Å². The minimum atomic E-state index is -6.37. The van der Waals surface area contributed by atoms with Crippen molar-refractivity contribution in [2.75, 3.05) is 33.4 Å². The number of esters is 1. The maximum atomic E-state index is 14.4. The van der Waals surface area contributed by atoms with Crippen molar-refractivity contribution in [2.24, 2.45) is 0 Å². The predicted molar refractivity (Wildman–Crippen MR) is 486 cm³/mol. The number of aryl methyl sites for hydroxylation is 3. The average molecular weight is 1850 g/mol. The van der Waals surface area contributed by atoms with Crippen molar-refractivity contribution in [1.29, 1.82) is 0 Å². The van der Waals surface area contributed by atoms with E-state index in [2.05, 4.69) is 199 Å². The molecule has 1 aliphatic carbocycles. The van der Waals surface area contributed by atoms with Crippen LogP contribution in [0.25, 0.3) is 53.8 Å². The zero-order valence-electron chi connectivity index (χ0n) is 73.4. The van der Waals surface area contributed by atoms with Gasteiger partial charge in [-0.2, -0.15) is 26.5 Å². The standard InChI is InChI=1S/C40H37F3N2O5S2.C39H44O.C20H17F4N2O9S2/c1-24(2)30-15-10-13-27(5)39(30)45(6)29-18-20-32-36(23-29)50-35-22-28(21-34-25(3)11-9-12-26(34)4)17-19-31(35)38(32)33-14-7-8-16-37(33)51(46,47)44-52(48,49)40(41,42)43;1-24(2)32-11-9-12-33(25(3)4)36(32)19-28-15-17-30-23-31-18-16-29(22-39(31)40-38(30)21-28)20-37-34(26(5)6)13-10-14-35(37)27(7)8;1-2-13(27)33-9-8-25-20(28)35-11-10-34-18-14(21)16(23)19(17(24)15(18)22)37(31,32)26-36(29,30)12-6-4-3-5-7-12/h7-20,22-24H,21H2,1-6H3;9-19,21-27H,20H2,1-8H3;2-7H,1,8-11H2,(H,25,28)/q;;-1/b;28-19+;. The Morgan fingerprint density at radius 2 is 1.09 bits per heavy atom. The Morgan fingerprint density at radius 1 is 0.527 bits per heavy atom. The summed E-state index contributed by atoms with van der Waals surface area (Å²) in [6.45, 7) is 29.9. The second kappa shape index (κ2) is 40.7. The summed E-state index contributed by atoms with van der Waals surface area (Å²) in [4.78, 5) is 18.6. The Kier molecular flexibility index (Phi) is 30.8. The third-order valence-electron chi connectivity index (χ3n) is 21.6. The Balaban J connectivity index is 0.000000191. The number of carbonyl (C=O) groups is 2. The number of para-hydroxylation sites is 1. The van der Waals surface area contributed by atoms with Gasteiger partial charge in [-0.05, 0) is 184 Å². The van der Waals surface area contributed by atoms with Crippen LogP contribution < -0.4 is 35.2 Å². The van der Waals surface area contributed by atoms with Gasteiger partial charge in [0.1, 0.15) is 84.7 Å². The van der Waals surface area contributed by atoms with E-state index in [1.165, 1.54) is 80.6 Å². The molecule has 0 radical (unpaired) electrons. The molecule has 0 atom stereocenters. The summed E-state index contributed by atoms with van der Waals surface area (Å²) in [5, 5.41) is 5.69. The van der Waals surface area contributed by atoms with Gasteiger partial charge in [0, 0.05) is 61.0 Å². The molecular weight excluding hydrogens is 1750 g/mol. The summed E-state index contributed by atoms with van der Waals surface area (Å²) < 4.78 is 231. The molecule has 0 aromatic heterocycles. The molecule has 10 aromatic rings. The highest BCUT2D eigenvalue weighted by Crippen LogP contribution is 2.46.